The van der Waals surface area contributed by atoms with Gasteiger partial charge in [-0.05, 0) is 11.6 Å². The van der Waals surface area contributed by atoms with Crippen LogP contribution >= 0.6 is 0 Å². The monoisotopic (exact) mass is 312 g/mol. The molecule has 4 heteroatoms. The van der Waals surface area contributed by atoms with Crippen molar-refractivity contribution in [2.45, 2.75) is 33.8 Å². The van der Waals surface area contributed by atoms with E-state index in [1.807, 2.05) is 64.1 Å². The predicted octanol–water partition coefficient (Wildman–Crippen LogP) is 4.12. The summed E-state index contributed by atoms with van der Waals surface area (Å²) in [4.78, 5) is 0. The highest BCUT2D eigenvalue weighted by Gasteiger charge is 2.22. The summed E-state index contributed by atoms with van der Waals surface area (Å²) in [5.74, 6) is 1.59. The zero-order valence-electron chi connectivity index (χ0n) is 14.6. The van der Waals surface area contributed by atoms with Crippen LogP contribution in [-0.2, 0) is 0 Å². The molecule has 123 valence electrons. The van der Waals surface area contributed by atoms with Crippen molar-refractivity contribution in [3.05, 3.63) is 48.5 Å². The fraction of sp³-hybridized carbons (Fsp3) is 0.368. The van der Waals surface area contributed by atoms with Crippen LogP contribution in [-0.4, -0.2) is 27.7 Å². The molecule has 1 aliphatic rings. The summed E-state index contributed by atoms with van der Waals surface area (Å²) in [5, 5.41) is 0. The van der Waals surface area contributed by atoms with E-state index in [4.69, 9.17) is 15.2 Å². The van der Waals surface area contributed by atoms with Gasteiger partial charge in [0, 0.05) is 20.5 Å². The lowest BCUT2D eigenvalue weighted by Gasteiger charge is -2.27. The summed E-state index contributed by atoms with van der Waals surface area (Å²) < 4.78 is 11.6. The average Bonchev–Trinajstić information content (AvgIpc) is 2.65. The molecular weight excluding hydrogens is 285 g/mol. The molecule has 0 saturated carbocycles. The molecule has 0 unspecified atom stereocenters. The van der Waals surface area contributed by atoms with Crippen molar-refractivity contribution in [3.8, 4) is 22.6 Å². The fourth-order valence-corrected chi connectivity index (χ4v) is 2.10. The highest BCUT2D eigenvalue weighted by atomic mass is 16.6. The molecular formula is C19H27BNO2. The maximum absolute atomic E-state index is 5.92. The first kappa shape index (κ1) is 21.1. The molecule has 0 amide bonds. The minimum Gasteiger partial charge on any atom is -0.486 e. The second-order valence-electron chi connectivity index (χ2n) is 4.29. The molecule has 2 aromatic rings. The second-order valence-corrected chi connectivity index (χ2v) is 4.29. The summed E-state index contributed by atoms with van der Waals surface area (Å²) in [6.45, 7) is 8.98. The van der Waals surface area contributed by atoms with Gasteiger partial charge in [0.05, 0.1) is 0 Å². The molecule has 2 N–H and O–H groups in total. The lowest BCUT2D eigenvalue weighted by Crippen LogP contribution is -2.35. The summed E-state index contributed by atoms with van der Waals surface area (Å²) in [7, 11) is 0. The smallest absolute Gasteiger partial charge is 0.169 e. The van der Waals surface area contributed by atoms with Crippen molar-refractivity contribution in [1.82, 2.24) is 0 Å². The average molecular weight is 312 g/mol. The molecule has 2 aromatic carbocycles. The van der Waals surface area contributed by atoms with Gasteiger partial charge in [0.2, 0.25) is 0 Å². The quantitative estimate of drug-likeness (QED) is 0.848. The Labute approximate surface area is 142 Å². The van der Waals surface area contributed by atoms with Gasteiger partial charge in [-0.15, -0.1) is 0 Å². The van der Waals surface area contributed by atoms with Crippen LogP contribution in [0.25, 0.3) is 11.1 Å². The van der Waals surface area contributed by atoms with E-state index in [9.17, 15) is 0 Å². The second kappa shape index (κ2) is 11.6. The molecule has 0 spiro atoms. The molecule has 1 heterocycles. The van der Waals surface area contributed by atoms with Crippen molar-refractivity contribution in [1.29, 1.82) is 0 Å². The van der Waals surface area contributed by atoms with Crippen LogP contribution in [0, 0.1) is 0 Å². The van der Waals surface area contributed by atoms with Crippen LogP contribution in [0.5, 0.6) is 11.5 Å². The van der Waals surface area contributed by atoms with E-state index in [0.717, 1.165) is 22.6 Å². The van der Waals surface area contributed by atoms with Crippen molar-refractivity contribution < 1.29 is 9.47 Å². The van der Waals surface area contributed by atoms with Gasteiger partial charge in [-0.25, -0.2) is 0 Å². The van der Waals surface area contributed by atoms with Gasteiger partial charge < -0.3 is 15.2 Å². The third kappa shape index (κ3) is 5.33. The number of fused-ring (bicyclic) bond motifs is 1. The number of ether oxygens (including phenoxy) is 2. The van der Waals surface area contributed by atoms with Crippen molar-refractivity contribution in [2.24, 2.45) is 5.73 Å². The Morgan fingerprint density at radius 3 is 2.22 bits per heavy atom. The normalized spacial score (nSPS) is 14.2. The van der Waals surface area contributed by atoms with E-state index in [-0.39, 0.29) is 14.5 Å². The fourth-order valence-electron chi connectivity index (χ4n) is 2.10. The van der Waals surface area contributed by atoms with Gasteiger partial charge in [0.15, 0.2) is 11.5 Å². The SMILES string of the molecule is CC.CC.NC[C@H]1COc2cccc(-c3ccccc3)c2O1.[B]. The molecule has 0 aliphatic carbocycles. The Balaban J connectivity index is 0.000000901. The highest BCUT2D eigenvalue weighted by molar-refractivity contribution is 5.75. The first-order valence-corrected chi connectivity index (χ1v) is 8.06. The van der Waals surface area contributed by atoms with Gasteiger partial charge in [0.1, 0.15) is 12.7 Å². The molecule has 0 bridgehead atoms. The lowest BCUT2D eigenvalue weighted by atomic mass is 10.0. The lowest BCUT2D eigenvalue weighted by molar-refractivity contribution is 0.0976. The van der Waals surface area contributed by atoms with E-state index in [1.165, 1.54) is 0 Å². The minimum atomic E-state index is -0.0673. The van der Waals surface area contributed by atoms with Crippen LogP contribution in [0.15, 0.2) is 48.5 Å². The first-order valence-electron chi connectivity index (χ1n) is 8.06. The van der Waals surface area contributed by atoms with Gasteiger partial charge in [-0.3, -0.25) is 0 Å². The Morgan fingerprint density at radius 2 is 1.61 bits per heavy atom. The molecule has 3 radical (unpaired) electrons. The number of benzene rings is 2. The summed E-state index contributed by atoms with van der Waals surface area (Å²) >= 11 is 0. The minimum absolute atomic E-state index is 0. The molecule has 3 nitrogen and oxygen atoms in total. The number of nitrogens with two attached hydrogens (primary N) is 1. The van der Waals surface area contributed by atoms with E-state index in [0.29, 0.717) is 13.2 Å². The molecule has 23 heavy (non-hydrogen) atoms. The van der Waals surface area contributed by atoms with Crippen molar-refractivity contribution in [2.75, 3.05) is 13.2 Å². The number of rotatable bonds is 2. The van der Waals surface area contributed by atoms with Crippen molar-refractivity contribution in [3.63, 3.8) is 0 Å². The van der Waals surface area contributed by atoms with E-state index in [2.05, 4.69) is 12.1 Å². The third-order valence-corrected chi connectivity index (χ3v) is 3.04. The number of para-hydroxylation sites is 1. The predicted molar refractivity (Wildman–Crippen MR) is 99.3 cm³/mol. The standard InChI is InChI=1S/C15H15NO2.2C2H6.B/c16-9-12-10-17-14-8-4-7-13(15(14)18-12)11-5-2-1-3-6-11;2*1-2;/h1-8,12H,9-10,16H2;2*1-2H3;/t12-;;;/m0.../s1. The zero-order valence-corrected chi connectivity index (χ0v) is 14.6. The third-order valence-electron chi connectivity index (χ3n) is 3.04. The first-order chi connectivity index (χ1) is 10.9. The molecule has 0 saturated heterocycles. The van der Waals surface area contributed by atoms with Gasteiger partial charge in [0.25, 0.3) is 0 Å². The van der Waals surface area contributed by atoms with E-state index >= 15 is 0 Å². The van der Waals surface area contributed by atoms with Gasteiger partial charge in [-0.2, -0.15) is 0 Å². The Kier molecular flexibility index (Phi) is 10.6. The largest absolute Gasteiger partial charge is 0.486 e. The molecule has 0 aromatic heterocycles. The van der Waals surface area contributed by atoms with Crippen LogP contribution in [0.3, 0.4) is 0 Å². The Morgan fingerprint density at radius 1 is 0.957 bits per heavy atom. The molecule has 1 aliphatic heterocycles. The van der Waals surface area contributed by atoms with Gasteiger partial charge >= 0.3 is 0 Å². The van der Waals surface area contributed by atoms with Crippen LogP contribution < -0.4 is 15.2 Å². The van der Waals surface area contributed by atoms with Crippen LogP contribution in [0.1, 0.15) is 27.7 Å². The summed E-state index contributed by atoms with van der Waals surface area (Å²) in [6, 6.07) is 16.1. The highest BCUT2D eigenvalue weighted by Crippen LogP contribution is 2.40. The molecule has 0 fully saturated rings. The maximum Gasteiger partial charge on any atom is 0.169 e. The summed E-state index contributed by atoms with van der Waals surface area (Å²) in [5.41, 5.74) is 7.81. The topological polar surface area (TPSA) is 44.5 Å². The zero-order chi connectivity index (χ0) is 16.4. The Hall–Kier alpha value is -1.94. The van der Waals surface area contributed by atoms with Gasteiger partial charge in [-0.1, -0.05) is 70.2 Å². The molecule has 3 rings (SSSR count). The van der Waals surface area contributed by atoms with Crippen molar-refractivity contribution >= 4 is 8.41 Å². The Bertz CT molecular complexity index is 546. The number of hydrogen-bond donors (Lipinski definition) is 1. The maximum atomic E-state index is 5.92. The molecule has 1 atom stereocenters. The van der Waals surface area contributed by atoms with Crippen LogP contribution in [0.4, 0.5) is 0 Å². The van der Waals surface area contributed by atoms with E-state index < -0.39 is 0 Å². The number of hydrogen-bond acceptors (Lipinski definition) is 3. The summed E-state index contributed by atoms with van der Waals surface area (Å²) in [6.07, 6.45) is -0.0673. The van der Waals surface area contributed by atoms with E-state index in [1.54, 1.807) is 0 Å². The van der Waals surface area contributed by atoms with Crippen LogP contribution in [0.2, 0.25) is 0 Å².